The van der Waals surface area contributed by atoms with E-state index in [-0.39, 0.29) is 0 Å². The zero-order chi connectivity index (χ0) is 16.6. The zero-order valence-corrected chi connectivity index (χ0v) is 12.6. The SMILES string of the molecule is O=C(Cn1cc(C(F)(F)F)ccc1=O)Nc1nc2c(s1)CCC2. The molecule has 1 aliphatic carbocycles. The maximum absolute atomic E-state index is 12.7. The van der Waals surface area contributed by atoms with Crippen LogP contribution >= 0.6 is 11.3 Å². The number of hydrogen-bond acceptors (Lipinski definition) is 4. The highest BCUT2D eigenvalue weighted by Gasteiger charge is 2.31. The number of amides is 1. The van der Waals surface area contributed by atoms with E-state index in [9.17, 15) is 22.8 Å². The van der Waals surface area contributed by atoms with E-state index in [1.165, 1.54) is 11.3 Å². The van der Waals surface area contributed by atoms with E-state index in [0.29, 0.717) is 17.4 Å². The quantitative estimate of drug-likeness (QED) is 0.931. The number of aromatic nitrogens is 2. The topological polar surface area (TPSA) is 64.0 Å². The lowest BCUT2D eigenvalue weighted by Gasteiger charge is -2.10. The Hall–Kier alpha value is -2.16. The van der Waals surface area contributed by atoms with Gasteiger partial charge in [-0.05, 0) is 25.3 Å². The third kappa shape index (κ3) is 3.44. The van der Waals surface area contributed by atoms with E-state index in [4.69, 9.17) is 0 Å². The molecule has 122 valence electrons. The summed E-state index contributed by atoms with van der Waals surface area (Å²) in [5.41, 5.74) is -0.686. The highest BCUT2D eigenvalue weighted by molar-refractivity contribution is 7.15. The van der Waals surface area contributed by atoms with Crippen molar-refractivity contribution in [2.75, 3.05) is 5.32 Å². The van der Waals surface area contributed by atoms with Crippen LogP contribution in [0.25, 0.3) is 0 Å². The molecule has 0 atom stereocenters. The van der Waals surface area contributed by atoms with Crippen molar-refractivity contribution in [1.82, 2.24) is 9.55 Å². The minimum absolute atomic E-state index is 0.416. The number of carbonyl (C=O) groups excluding carboxylic acids is 1. The van der Waals surface area contributed by atoms with Crippen molar-refractivity contribution in [3.63, 3.8) is 0 Å². The number of hydrogen-bond donors (Lipinski definition) is 1. The molecule has 0 spiro atoms. The lowest BCUT2D eigenvalue weighted by Crippen LogP contribution is -2.28. The molecular formula is C14H12F3N3O2S. The fraction of sp³-hybridized carbons (Fsp3) is 0.357. The van der Waals surface area contributed by atoms with Crippen molar-refractivity contribution in [2.45, 2.75) is 32.0 Å². The minimum atomic E-state index is -4.57. The summed E-state index contributed by atoms with van der Waals surface area (Å²) >= 11 is 1.36. The van der Waals surface area contributed by atoms with Crippen molar-refractivity contribution in [3.8, 4) is 0 Å². The minimum Gasteiger partial charge on any atom is -0.305 e. The highest BCUT2D eigenvalue weighted by Crippen LogP contribution is 2.30. The summed E-state index contributed by atoms with van der Waals surface area (Å²) < 4.78 is 38.7. The number of alkyl halides is 3. The number of nitrogens with one attached hydrogen (secondary N) is 1. The summed E-state index contributed by atoms with van der Waals surface area (Å²) in [5, 5.41) is 2.95. The lowest BCUT2D eigenvalue weighted by molar-refractivity contribution is -0.138. The molecule has 1 aliphatic rings. The van der Waals surface area contributed by atoms with Gasteiger partial charge in [0.1, 0.15) is 6.54 Å². The second-order valence-corrected chi connectivity index (χ2v) is 6.26. The lowest BCUT2D eigenvalue weighted by atomic mass is 10.3. The number of rotatable bonds is 3. The van der Waals surface area contributed by atoms with Crippen LogP contribution in [0, 0.1) is 0 Å². The van der Waals surface area contributed by atoms with E-state index in [2.05, 4.69) is 10.3 Å². The number of pyridine rings is 1. The second-order valence-electron chi connectivity index (χ2n) is 5.17. The number of halogens is 3. The number of fused-ring (bicyclic) bond motifs is 1. The van der Waals surface area contributed by atoms with Gasteiger partial charge >= 0.3 is 6.18 Å². The largest absolute Gasteiger partial charge is 0.417 e. The van der Waals surface area contributed by atoms with Crippen molar-refractivity contribution in [3.05, 3.63) is 44.8 Å². The van der Waals surface area contributed by atoms with Gasteiger partial charge in [0.05, 0.1) is 11.3 Å². The molecule has 0 aliphatic heterocycles. The highest BCUT2D eigenvalue weighted by atomic mass is 32.1. The summed E-state index contributed by atoms with van der Waals surface area (Å²) in [7, 11) is 0. The number of aryl methyl sites for hydroxylation is 2. The Morgan fingerprint density at radius 2 is 2.13 bits per heavy atom. The van der Waals surface area contributed by atoms with E-state index in [1.807, 2.05) is 0 Å². The fourth-order valence-electron chi connectivity index (χ4n) is 2.38. The first-order valence-electron chi connectivity index (χ1n) is 6.89. The van der Waals surface area contributed by atoms with Crippen LogP contribution in [0.3, 0.4) is 0 Å². The third-order valence-corrected chi connectivity index (χ3v) is 4.54. The molecule has 2 heterocycles. The summed E-state index contributed by atoms with van der Waals surface area (Å²) in [5.74, 6) is -0.584. The molecule has 0 radical (unpaired) electrons. The van der Waals surface area contributed by atoms with E-state index in [1.54, 1.807) is 0 Å². The van der Waals surface area contributed by atoms with Gasteiger partial charge in [0.25, 0.3) is 5.56 Å². The van der Waals surface area contributed by atoms with E-state index in [0.717, 1.165) is 40.5 Å². The Kier molecular flexibility index (Phi) is 3.97. The van der Waals surface area contributed by atoms with Gasteiger partial charge < -0.3 is 9.88 Å². The first kappa shape index (κ1) is 15.7. The van der Waals surface area contributed by atoms with Crippen LogP contribution in [0.4, 0.5) is 18.3 Å². The monoisotopic (exact) mass is 343 g/mol. The van der Waals surface area contributed by atoms with Gasteiger partial charge in [0, 0.05) is 17.1 Å². The van der Waals surface area contributed by atoms with Crippen LogP contribution in [0.5, 0.6) is 0 Å². The number of carbonyl (C=O) groups is 1. The zero-order valence-electron chi connectivity index (χ0n) is 11.8. The molecule has 3 rings (SSSR count). The predicted octanol–water partition coefficient (Wildman–Crippen LogP) is 2.45. The van der Waals surface area contributed by atoms with Gasteiger partial charge in [-0.1, -0.05) is 0 Å². The van der Waals surface area contributed by atoms with Gasteiger partial charge in [-0.3, -0.25) is 9.59 Å². The number of anilines is 1. The standard InChI is InChI=1S/C14H12F3N3O2S/c15-14(16,17)8-4-5-12(22)20(6-8)7-11(21)19-13-18-9-2-1-3-10(9)23-13/h4-6H,1-3,7H2,(H,18,19,21). The maximum Gasteiger partial charge on any atom is 0.417 e. The summed E-state index contributed by atoms with van der Waals surface area (Å²) in [6.07, 6.45) is -1.08. The van der Waals surface area contributed by atoms with Crippen molar-refractivity contribution >= 4 is 22.4 Å². The average molecular weight is 343 g/mol. The smallest absolute Gasteiger partial charge is 0.305 e. The molecule has 2 aromatic rings. The van der Waals surface area contributed by atoms with E-state index >= 15 is 0 Å². The first-order valence-corrected chi connectivity index (χ1v) is 7.71. The predicted molar refractivity (Wildman–Crippen MR) is 78.5 cm³/mol. The van der Waals surface area contributed by atoms with Crippen LogP contribution in [-0.4, -0.2) is 15.5 Å². The molecule has 0 bridgehead atoms. The van der Waals surface area contributed by atoms with Gasteiger partial charge in [0.2, 0.25) is 5.91 Å². The van der Waals surface area contributed by atoms with Crippen LogP contribution in [-0.2, 0) is 30.4 Å². The first-order chi connectivity index (χ1) is 10.8. The van der Waals surface area contributed by atoms with Gasteiger partial charge in [0.15, 0.2) is 5.13 Å². The Morgan fingerprint density at radius 1 is 1.35 bits per heavy atom. The average Bonchev–Trinajstić information content (AvgIpc) is 3.00. The van der Waals surface area contributed by atoms with Crippen LogP contribution in [0.2, 0.25) is 0 Å². The molecule has 9 heteroatoms. The normalized spacial score (nSPS) is 13.9. The molecule has 23 heavy (non-hydrogen) atoms. The summed E-state index contributed by atoms with van der Waals surface area (Å²) in [6, 6.07) is 1.50. The Labute approximate surface area is 132 Å². The van der Waals surface area contributed by atoms with Crippen LogP contribution in [0.1, 0.15) is 22.6 Å². The Balaban J connectivity index is 1.73. The summed E-state index contributed by atoms with van der Waals surface area (Å²) in [4.78, 5) is 28.9. The van der Waals surface area contributed by atoms with Gasteiger partial charge in [-0.2, -0.15) is 13.2 Å². The number of thiazole rings is 1. The Morgan fingerprint density at radius 3 is 2.83 bits per heavy atom. The molecule has 0 saturated carbocycles. The molecule has 0 fully saturated rings. The maximum atomic E-state index is 12.7. The molecule has 0 saturated heterocycles. The van der Waals surface area contributed by atoms with Gasteiger partial charge in [-0.15, -0.1) is 11.3 Å². The van der Waals surface area contributed by atoms with Gasteiger partial charge in [-0.25, -0.2) is 4.98 Å². The van der Waals surface area contributed by atoms with Crippen molar-refractivity contribution in [2.24, 2.45) is 0 Å². The van der Waals surface area contributed by atoms with Crippen LogP contribution < -0.4 is 10.9 Å². The molecule has 2 aromatic heterocycles. The summed E-state index contributed by atoms with van der Waals surface area (Å²) in [6.45, 7) is -0.493. The molecule has 5 nitrogen and oxygen atoms in total. The molecular weight excluding hydrogens is 331 g/mol. The number of nitrogens with zero attached hydrogens (tertiary/aromatic N) is 2. The van der Waals surface area contributed by atoms with Crippen LogP contribution in [0.15, 0.2) is 23.1 Å². The Bertz CT molecular complexity index is 789. The van der Waals surface area contributed by atoms with Crippen molar-refractivity contribution in [1.29, 1.82) is 0 Å². The molecule has 1 N–H and O–H groups in total. The van der Waals surface area contributed by atoms with Crippen molar-refractivity contribution < 1.29 is 18.0 Å². The molecule has 1 amide bonds. The molecule has 0 aromatic carbocycles. The fourth-order valence-corrected chi connectivity index (χ4v) is 3.45. The third-order valence-electron chi connectivity index (χ3n) is 3.47. The van der Waals surface area contributed by atoms with E-state index < -0.39 is 29.8 Å². The molecule has 0 unspecified atom stereocenters. The second kappa shape index (κ2) is 5.80.